The second-order valence-corrected chi connectivity index (χ2v) is 5.07. The Balaban J connectivity index is 2.68. The molecule has 0 atom stereocenters. The number of ether oxygens (including phenoxy) is 1. The van der Waals surface area contributed by atoms with Gasteiger partial charge in [-0.25, -0.2) is 0 Å². The highest BCUT2D eigenvalue weighted by atomic mass is 35.5. The molecule has 0 unspecified atom stereocenters. The molecule has 0 N–H and O–H groups in total. The molecule has 2 aromatic carbocycles. The first kappa shape index (κ1) is 14.2. The maximum Gasteiger partial charge on any atom is 0.150 e. The SMILES string of the molecule is COc1cc(Cl)c(-c2cc(Cl)ccc2C=O)cc1Cl. The molecule has 0 aliphatic rings. The molecule has 0 aliphatic heterocycles. The third-order valence-electron chi connectivity index (χ3n) is 2.67. The van der Waals surface area contributed by atoms with Gasteiger partial charge >= 0.3 is 0 Å². The van der Waals surface area contributed by atoms with Crippen LogP contribution in [0.25, 0.3) is 11.1 Å². The number of rotatable bonds is 3. The maximum absolute atomic E-state index is 11.1. The minimum Gasteiger partial charge on any atom is -0.495 e. The zero-order chi connectivity index (χ0) is 14.0. The summed E-state index contributed by atoms with van der Waals surface area (Å²) in [5.74, 6) is 0.477. The molecular weight excluding hydrogens is 307 g/mol. The van der Waals surface area contributed by atoms with Crippen LogP contribution in [0.15, 0.2) is 30.3 Å². The van der Waals surface area contributed by atoms with E-state index in [2.05, 4.69) is 0 Å². The molecule has 0 bridgehead atoms. The van der Waals surface area contributed by atoms with Crippen LogP contribution in [-0.4, -0.2) is 13.4 Å². The highest BCUT2D eigenvalue weighted by Gasteiger charge is 2.13. The van der Waals surface area contributed by atoms with Gasteiger partial charge in [-0.05, 0) is 29.8 Å². The lowest BCUT2D eigenvalue weighted by Gasteiger charge is -2.11. The highest BCUT2D eigenvalue weighted by Crippen LogP contribution is 2.38. The zero-order valence-electron chi connectivity index (χ0n) is 9.91. The lowest BCUT2D eigenvalue weighted by Crippen LogP contribution is -1.91. The minimum absolute atomic E-state index is 0.415. The molecule has 2 nitrogen and oxygen atoms in total. The lowest BCUT2D eigenvalue weighted by molar-refractivity contribution is 0.112. The molecule has 5 heteroatoms. The molecule has 0 fully saturated rings. The van der Waals surface area contributed by atoms with Crippen molar-refractivity contribution in [2.75, 3.05) is 7.11 Å². The Morgan fingerprint density at radius 2 is 1.74 bits per heavy atom. The van der Waals surface area contributed by atoms with Crippen LogP contribution in [0.1, 0.15) is 10.4 Å². The van der Waals surface area contributed by atoms with Crippen molar-refractivity contribution in [2.24, 2.45) is 0 Å². The van der Waals surface area contributed by atoms with E-state index in [-0.39, 0.29) is 0 Å². The van der Waals surface area contributed by atoms with Gasteiger partial charge in [0, 0.05) is 22.2 Å². The fourth-order valence-electron chi connectivity index (χ4n) is 1.76. The second kappa shape index (κ2) is 5.83. The largest absolute Gasteiger partial charge is 0.495 e. The summed E-state index contributed by atoms with van der Waals surface area (Å²) < 4.78 is 5.08. The third kappa shape index (κ3) is 2.86. The molecule has 0 radical (unpaired) electrons. The standard InChI is InChI=1S/C14H9Cl3O2/c1-19-14-6-12(16)11(5-13(14)17)10-4-9(15)3-2-8(10)7-18/h2-7H,1H3. The van der Waals surface area contributed by atoms with Crippen LogP contribution in [0, 0.1) is 0 Å². The number of carbonyl (C=O) groups excluding carboxylic acids is 1. The van der Waals surface area contributed by atoms with Gasteiger partial charge in [0.15, 0.2) is 6.29 Å². The molecule has 98 valence electrons. The Hall–Kier alpha value is -1.22. The molecule has 0 amide bonds. The van der Waals surface area contributed by atoms with Gasteiger partial charge in [0.1, 0.15) is 5.75 Å². The van der Waals surface area contributed by atoms with E-state index in [1.807, 2.05) is 0 Å². The fourth-order valence-corrected chi connectivity index (χ4v) is 2.42. The van der Waals surface area contributed by atoms with Crippen molar-refractivity contribution in [3.05, 3.63) is 51.0 Å². The summed E-state index contributed by atoms with van der Waals surface area (Å²) in [4.78, 5) is 11.1. The normalized spacial score (nSPS) is 10.3. The average Bonchev–Trinajstić information content (AvgIpc) is 2.40. The van der Waals surface area contributed by atoms with Gasteiger partial charge < -0.3 is 4.74 Å². The predicted octanol–water partition coefficient (Wildman–Crippen LogP) is 5.13. The predicted molar refractivity (Wildman–Crippen MR) is 78.8 cm³/mol. The van der Waals surface area contributed by atoms with Gasteiger partial charge in [0.2, 0.25) is 0 Å². The van der Waals surface area contributed by atoms with Gasteiger partial charge in [0.25, 0.3) is 0 Å². The summed E-state index contributed by atoms with van der Waals surface area (Å²) in [6, 6.07) is 8.22. The molecule has 0 heterocycles. The highest BCUT2D eigenvalue weighted by molar-refractivity contribution is 6.36. The number of aldehydes is 1. The first-order valence-corrected chi connectivity index (χ1v) is 6.48. The number of methoxy groups -OCH3 is 1. The van der Waals surface area contributed by atoms with E-state index in [1.165, 1.54) is 7.11 Å². The van der Waals surface area contributed by atoms with Gasteiger partial charge in [-0.1, -0.05) is 34.8 Å². The maximum atomic E-state index is 11.1. The molecule has 0 aromatic heterocycles. The minimum atomic E-state index is 0.415. The van der Waals surface area contributed by atoms with Crippen LogP contribution in [0.4, 0.5) is 0 Å². The second-order valence-electron chi connectivity index (χ2n) is 3.82. The number of hydrogen-bond donors (Lipinski definition) is 0. The summed E-state index contributed by atoms with van der Waals surface area (Å²) in [7, 11) is 1.51. The van der Waals surface area contributed by atoms with Crippen molar-refractivity contribution in [1.82, 2.24) is 0 Å². The molecular formula is C14H9Cl3O2. The molecule has 19 heavy (non-hydrogen) atoms. The molecule has 0 saturated heterocycles. The van der Waals surface area contributed by atoms with Gasteiger partial charge in [-0.2, -0.15) is 0 Å². The van der Waals surface area contributed by atoms with E-state index in [1.54, 1.807) is 30.3 Å². The molecule has 2 aromatic rings. The first-order chi connectivity index (χ1) is 9.06. The van der Waals surface area contributed by atoms with Crippen molar-refractivity contribution in [3.63, 3.8) is 0 Å². The van der Waals surface area contributed by atoms with Crippen LogP contribution in [0.2, 0.25) is 15.1 Å². The number of carbonyl (C=O) groups is 1. The zero-order valence-corrected chi connectivity index (χ0v) is 12.2. The molecule has 0 saturated carbocycles. The quantitative estimate of drug-likeness (QED) is 0.733. The van der Waals surface area contributed by atoms with Crippen LogP contribution in [-0.2, 0) is 0 Å². The van der Waals surface area contributed by atoms with Crippen molar-refractivity contribution >= 4 is 41.1 Å². The average molecular weight is 316 g/mol. The summed E-state index contributed by atoms with van der Waals surface area (Å²) in [6.45, 7) is 0. The summed E-state index contributed by atoms with van der Waals surface area (Å²) in [6.07, 6.45) is 0.750. The smallest absolute Gasteiger partial charge is 0.150 e. The van der Waals surface area contributed by atoms with E-state index in [0.29, 0.717) is 37.5 Å². The number of hydrogen-bond acceptors (Lipinski definition) is 2. The Bertz CT molecular complexity index is 639. The Labute approximate surface area is 125 Å². The van der Waals surface area contributed by atoms with E-state index >= 15 is 0 Å². The van der Waals surface area contributed by atoms with E-state index in [9.17, 15) is 4.79 Å². The van der Waals surface area contributed by atoms with Crippen molar-refractivity contribution in [3.8, 4) is 16.9 Å². The van der Waals surface area contributed by atoms with Crippen LogP contribution in [0.5, 0.6) is 5.75 Å². The molecule has 0 aliphatic carbocycles. The first-order valence-electron chi connectivity index (χ1n) is 5.35. The van der Waals surface area contributed by atoms with Crippen LogP contribution >= 0.6 is 34.8 Å². The molecule has 0 spiro atoms. The van der Waals surface area contributed by atoms with Crippen LogP contribution < -0.4 is 4.74 Å². The topological polar surface area (TPSA) is 26.3 Å². The monoisotopic (exact) mass is 314 g/mol. The summed E-state index contributed by atoms with van der Waals surface area (Å²) in [5, 5.41) is 1.37. The van der Waals surface area contributed by atoms with Gasteiger partial charge in [-0.3, -0.25) is 4.79 Å². The fraction of sp³-hybridized carbons (Fsp3) is 0.0714. The van der Waals surface area contributed by atoms with Crippen molar-refractivity contribution in [1.29, 1.82) is 0 Å². The van der Waals surface area contributed by atoms with Gasteiger partial charge in [-0.15, -0.1) is 0 Å². The summed E-state index contributed by atoms with van der Waals surface area (Å²) in [5.41, 5.74) is 1.77. The van der Waals surface area contributed by atoms with Crippen molar-refractivity contribution < 1.29 is 9.53 Å². The third-order valence-corrected chi connectivity index (χ3v) is 3.52. The Morgan fingerprint density at radius 3 is 2.37 bits per heavy atom. The van der Waals surface area contributed by atoms with Gasteiger partial charge in [0.05, 0.1) is 17.2 Å². The van der Waals surface area contributed by atoms with E-state index in [4.69, 9.17) is 39.5 Å². The Kier molecular flexibility index (Phi) is 4.35. The number of halogens is 3. The van der Waals surface area contributed by atoms with E-state index < -0.39 is 0 Å². The van der Waals surface area contributed by atoms with E-state index in [0.717, 1.165) is 6.29 Å². The van der Waals surface area contributed by atoms with Crippen LogP contribution in [0.3, 0.4) is 0 Å². The lowest BCUT2D eigenvalue weighted by atomic mass is 10.00. The Morgan fingerprint density at radius 1 is 1.00 bits per heavy atom. The summed E-state index contributed by atoms with van der Waals surface area (Å²) >= 11 is 18.2. The number of benzene rings is 2. The van der Waals surface area contributed by atoms with Crippen molar-refractivity contribution in [2.45, 2.75) is 0 Å². The molecule has 2 rings (SSSR count).